The standard InChI is InChI=1S/C41H64S2/c1-3-5-7-9-11-13-15-17-19-21-24-36-28-32-38(33-29-36)40(42)26-23-27-41(43)39-34-30-37(31-35-39)25-22-20-18-16-14-12-10-8-6-4-2/h28-35H,3-27H2,1-2H3. The largest absolute Gasteiger partial charge is 0.0843 e. The van der Waals surface area contributed by atoms with E-state index in [1.54, 1.807) is 0 Å². The summed E-state index contributed by atoms with van der Waals surface area (Å²) in [6.45, 7) is 4.58. The van der Waals surface area contributed by atoms with Gasteiger partial charge in [-0.2, -0.15) is 0 Å². The van der Waals surface area contributed by atoms with Crippen LogP contribution < -0.4 is 0 Å². The lowest BCUT2D eigenvalue weighted by Gasteiger charge is -2.08. The zero-order valence-electron chi connectivity index (χ0n) is 28.1. The minimum absolute atomic E-state index is 0.935. The van der Waals surface area contributed by atoms with Gasteiger partial charge in [0.2, 0.25) is 0 Å². The second-order valence-electron chi connectivity index (χ2n) is 13.0. The highest BCUT2D eigenvalue weighted by molar-refractivity contribution is 7.81. The topological polar surface area (TPSA) is 0 Å². The molecule has 0 amide bonds. The Balaban J connectivity index is 1.53. The van der Waals surface area contributed by atoms with E-state index in [2.05, 4.69) is 62.4 Å². The van der Waals surface area contributed by atoms with Gasteiger partial charge in [-0.25, -0.2) is 0 Å². The summed E-state index contributed by atoms with van der Waals surface area (Å²) in [4.78, 5) is 2.14. The number of thiocarbonyl (C=S) groups is 2. The van der Waals surface area contributed by atoms with Crippen molar-refractivity contribution in [1.82, 2.24) is 0 Å². The van der Waals surface area contributed by atoms with Gasteiger partial charge in [-0.15, -0.1) is 0 Å². The van der Waals surface area contributed by atoms with E-state index in [0.717, 1.165) is 29.0 Å². The summed E-state index contributed by atoms with van der Waals surface area (Å²) >= 11 is 11.6. The number of unbranched alkanes of at least 4 members (excludes halogenated alkanes) is 18. The van der Waals surface area contributed by atoms with Crippen molar-refractivity contribution in [3.8, 4) is 0 Å². The molecule has 2 aromatic carbocycles. The highest BCUT2D eigenvalue weighted by atomic mass is 32.1. The quantitative estimate of drug-likeness (QED) is 0.0527. The number of aryl methyl sites for hydroxylation is 2. The molecule has 0 nitrogen and oxygen atoms in total. The van der Waals surface area contributed by atoms with E-state index in [1.165, 1.54) is 164 Å². The van der Waals surface area contributed by atoms with Crippen LogP contribution in [-0.2, 0) is 12.8 Å². The molecule has 0 atom stereocenters. The molecule has 0 saturated carbocycles. The predicted molar refractivity (Wildman–Crippen MR) is 201 cm³/mol. The molecule has 43 heavy (non-hydrogen) atoms. The van der Waals surface area contributed by atoms with Crippen molar-refractivity contribution in [2.24, 2.45) is 0 Å². The summed E-state index contributed by atoms with van der Waals surface area (Å²) in [7, 11) is 0. The van der Waals surface area contributed by atoms with Gasteiger partial charge in [0, 0.05) is 9.73 Å². The molecule has 0 bridgehead atoms. The molecule has 0 aliphatic carbocycles. The smallest absolute Gasteiger partial charge is 0.0224 e. The Morgan fingerprint density at radius 1 is 0.372 bits per heavy atom. The number of hydrogen-bond donors (Lipinski definition) is 0. The van der Waals surface area contributed by atoms with E-state index >= 15 is 0 Å². The average molecular weight is 621 g/mol. The van der Waals surface area contributed by atoms with Gasteiger partial charge < -0.3 is 0 Å². The molecule has 0 unspecified atom stereocenters. The Morgan fingerprint density at radius 3 is 0.953 bits per heavy atom. The van der Waals surface area contributed by atoms with Gasteiger partial charge in [0.05, 0.1) is 0 Å². The zero-order valence-corrected chi connectivity index (χ0v) is 29.7. The molecule has 0 saturated heterocycles. The first-order chi connectivity index (χ1) is 21.1. The van der Waals surface area contributed by atoms with Crippen LogP contribution >= 0.6 is 24.4 Å². The second kappa shape index (κ2) is 25.9. The van der Waals surface area contributed by atoms with Gasteiger partial charge in [-0.3, -0.25) is 0 Å². The average Bonchev–Trinajstić information content (AvgIpc) is 3.03. The zero-order chi connectivity index (χ0) is 30.8. The van der Waals surface area contributed by atoms with Crippen molar-refractivity contribution in [2.75, 3.05) is 0 Å². The van der Waals surface area contributed by atoms with Gasteiger partial charge >= 0.3 is 0 Å². The maximum absolute atomic E-state index is 5.78. The number of benzene rings is 2. The van der Waals surface area contributed by atoms with Crippen LogP contribution in [0.4, 0.5) is 0 Å². The normalized spacial score (nSPS) is 11.2. The summed E-state index contributed by atoms with van der Waals surface area (Å²) in [5.41, 5.74) is 5.32. The van der Waals surface area contributed by atoms with Crippen molar-refractivity contribution in [2.45, 2.75) is 174 Å². The number of rotatable bonds is 28. The molecule has 2 aromatic rings. The monoisotopic (exact) mass is 620 g/mol. The van der Waals surface area contributed by atoms with E-state index in [0.29, 0.717) is 0 Å². The maximum atomic E-state index is 5.78. The summed E-state index contributed by atoms with van der Waals surface area (Å²) in [6, 6.07) is 18.1. The van der Waals surface area contributed by atoms with Gasteiger partial charge in [-0.1, -0.05) is 202 Å². The lowest BCUT2D eigenvalue weighted by Crippen LogP contribution is -2.02. The van der Waals surface area contributed by atoms with Crippen LogP contribution in [0.2, 0.25) is 0 Å². The van der Waals surface area contributed by atoms with Gasteiger partial charge in [-0.05, 0) is 67.2 Å². The summed E-state index contributed by atoms with van der Waals surface area (Å²) < 4.78 is 0. The third-order valence-electron chi connectivity index (χ3n) is 9.00. The SMILES string of the molecule is CCCCCCCCCCCCc1ccc(C(=S)CCCC(=S)c2ccc(CCCCCCCCCCCC)cc2)cc1. The van der Waals surface area contributed by atoms with Gasteiger partial charge in [0.25, 0.3) is 0 Å². The summed E-state index contributed by atoms with van der Waals surface area (Å²) in [6.07, 6.45) is 33.1. The summed E-state index contributed by atoms with van der Waals surface area (Å²) in [5.74, 6) is 0. The maximum Gasteiger partial charge on any atom is 0.0224 e. The van der Waals surface area contributed by atoms with E-state index in [1.807, 2.05) is 0 Å². The Morgan fingerprint density at radius 2 is 0.651 bits per heavy atom. The molecule has 240 valence electrons. The van der Waals surface area contributed by atoms with Crippen molar-refractivity contribution >= 4 is 34.2 Å². The molecule has 0 aliphatic heterocycles. The number of hydrogen-bond acceptors (Lipinski definition) is 2. The molecule has 0 fully saturated rings. The third kappa shape index (κ3) is 18.9. The molecular weight excluding hydrogens is 557 g/mol. The van der Waals surface area contributed by atoms with E-state index < -0.39 is 0 Å². The van der Waals surface area contributed by atoms with Crippen molar-refractivity contribution < 1.29 is 0 Å². The molecule has 0 radical (unpaired) electrons. The van der Waals surface area contributed by atoms with Crippen molar-refractivity contribution in [1.29, 1.82) is 0 Å². The molecule has 0 heterocycles. The van der Waals surface area contributed by atoms with E-state index in [-0.39, 0.29) is 0 Å². The fraction of sp³-hybridized carbons (Fsp3) is 0.659. The molecule has 2 rings (SSSR count). The van der Waals surface area contributed by atoms with Crippen LogP contribution in [0.1, 0.15) is 184 Å². The van der Waals surface area contributed by atoms with Crippen LogP contribution in [0.5, 0.6) is 0 Å². The van der Waals surface area contributed by atoms with Crippen molar-refractivity contribution in [3.63, 3.8) is 0 Å². The Labute approximate surface area is 278 Å². The first-order valence-electron chi connectivity index (χ1n) is 18.4. The van der Waals surface area contributed by atoms with Crippen LogP contribution in [0, 0.1) is 0 Å². The van der Waals surface area contributed by atoms with Crippen LogP contribution in [0.15, 0.2) is 48.5 Å². The van der Waals surface area contributed by atoms with E-state index in [4.69, 9.17) is 24.4 Å². The highest BCUT2D eigenvalue weighted by Crippen LogP contribution is 2.18. The van der Waals surface area contributed by atoms with Gasteiger partial charge in [0.15, 0.2) is 0 Å². The molecule has 0 N–H and O–H groups in total. The molecule has 0 spiro atoms. The molecule has 2 heteroatoms. The minimum Gasteiger partial charge on any atom is -0.0843 e. The van der Waals surface area contributed by atoms with Crippen LogP contribution in [0.3, 0.4) is 0 Å². The molecule has 0 aromatic heterocycles. The second-order valence-corrected chi connectivity index (χ2v) is 13.9. The first kappa shape index (κ1) is 37.8. The van der Waals surface area contributed by atoms with Gasteiger partial charge in [0.1, 0.15) is 0 Å². The van der Waals surface area contributed by atoms with Crippen LogP contribution in [-0.4, -0.2) is 9.73 Å². The Hall–Kier alpha value is -1.38. The van der Waals surface area contributed by atoms with E-state index in [9.17, 15) is 0 Å². The fourth-order valence-corrected chi connectivity index (χ4v) is 6.61. The highest BCUT2D eigenvalue weighted by Gasteiger charge is 2.06. The molecule has 0 aliphatic rings. The Bertz CT molecular complexity index is 877. The molecular formula is C41H64S2. The lowest BCUT2D eigenvalue weighted by atomic mass is 9.99. The third-order valence-corrected chi connectivity index (χ3v) is 9.88. The Kier molecular flexibility index (Phi) is 22.8. The summed E-state index contributed by atoms with van der Waals surface area (Å²) in [5, 5.41) is 0. The predicted octanol–water partition coefficient (Wildman–Crippen LogP) is 13.9. The fourth-order valence-electron chi connectivity index (χ4n) is 6.05. The van der Waals surface area contributed by atoms with Crippen molar-refractivity contribution in [3.05, 3.63) is 70.8 Å². The van der Waals surface area contributed by atoms with Crippen LogP contribution in [0.25, 0.3) is 0 Å². The first-order valence-corrected chi connectivity index (χ1v) is 19.2. The lowest BCUT2D eigenvalue weighted by molar-refractivity contribution is 0.556. The minimum atomic E-state index is 0.935.